The van der Waals surface area contributed by atoms with Gasteiger partial charge in [-0.25, -0.2) is 0 Å². The number of allylic oxidation sites excluding steroid dienone is 1. The van der Waals surface area contributed by atoms with Gasteiger partial charge < -0.3 is 0 Å². The van der Waals surface area contributed by atoms with Crippen molar-refractivity contribution in [2.45, 2.75) is 33.1 Å². The molecule has 3 heteroatoms. The molecule has 0 spiro atoms. The predicted octanol–water partition coefficient (Wildman–Crippen LogP) is 5.55. The molecular weight excluding hydrogens is 330 g/mol. The predicted molar refractivity (Wildman–Crippen MR) is 73.9 cm³/mol. The molecular formula is C14H17Cl2Zr. The van der Waals surface area contributed by atoms with Gasteiger partial charge in [-0.2, -0.15) is 0 Å². The van der Waals surface area contributed by atoms with E-state index in [1.807, 2.05) is 0 Å². The summed E-state index contributed by atoms with van der Waals surface area (Å²) >= 11 is -0.826. The second kappa shape index (κ2) is 7.77. The molecule has 0 nitrogen and oxygen atoms in total. The van der Waals surface area contributed by atoms with E-state index in [2.05, 4.69) is 51.5 Å². The van der Waals surface area contributed by atoms with Crippen LogP contribution < -0.4 is 0 Å². The molecule has 1 aliphatic rings. The molecule has 1 aromatic rings. The van der Waals surface area contributed by atoms with Gasteiger partial charge in [0.25, 0.3) is 0 Å². The summed E-state index contributed by atoms with van der Waals surface area (Å²) in [5.41, 5.74) is 5.77. The Hall–Kier alpha value is 0.423. The van der Waals surface area contributed by atoms with Crippen molar-refractivity contribution in [3.63, 3.8) is 0 Å². The molecule has 0 bridgehead atoms. The molecule has 0 aliphatic heterocycles. The van der Waals surface area contributed by atoms with E-state index in [4.69, 9.17) is 17.0 Å². The molecule has 0 unspecified atom stereocenters. The van der Waals surface area contributed by atoms with Crippen molar-refractivity contribution in [1.29, 1.82) is 0 Å². The molecule has 17 heavy (non-hydrogen) atoms. The summed E-state index contributed by atoms with van der Waals surface area (Å²) in [4.78, 5) is 0. The fraction of sp³-hybridized carbons (Fsp3) is 0.357. The van der Waals surface area contributed by atoms with Gasteiger partial charge >= 0.3 is 37.9 Å². The van der Waals surface area contributed by atoms with Gasteiger partial charge in [0, 0.05) is 6.42 Å². The van der Waals surface area contributed by atoms with Crippen molar-refractivity contribution in [2.24, 2.45) is 0 Å². The summed E-state index contributed by atoms with van der Waals surface area (Å²) in [5.74, 6) is 0.616. The van der Waals surface area contributed by atoms with E-state index in [9.17, 15) is 0 Å². The van der Waals surface area contributed by atoms with Crippen LogP contribution in [0.3, 0.4) is 0 Å². The van der Waals surface area contributed by atoms with Crippen LogP contribution in [0.25, 0.3) is 6.08 Å². The van der Waals surface area contributed by atoms with E-state index >= 15 is 0 Å². The molecule has 0 saturated carbocycles. The average molecular weight is 347 g/mol. The van der Waals surface area contributed by atoms with Gasteiger partial charge in [0.15, 0.2) is 0 Å². The third-order valence-corrected chi connectivity index (χ3v) is 2.87. The van der Waals surface area contributed by atoms with Gasteiger partial charge in [0.05, 0.1) is 0 Å². The molecule has 91 valence electrons. The third-order valence-electron chi connectivity index (χ3n) is 2.87. The van der Waals surface area contributed by atoms with Crippen LogP contribution in [0.2, 0.25) is 0 Å². The third kappa shape index (κ3) is 4.23. The summed E-state index contributed by atoms with van der Waals surface area (Å²) in [5, 5.41) is 0. The van der Waals surface area contributed by atoms with Crippen molar-refractivity contribution in [1.82, 2.24) is 0 Å². The van der Waals surface area contributed by atoms with Crippen molar-refractivity contribution < 1.29 is 20.8 Å². The number of fused-ring (bicyclic) bond motifs is 1. The molecule has 0 atom stereocenters. The summed E-state index contributed by atoms with van der Waals surface area (Å²) in [7, 11) is 9.87. The van der Waals surface area contributed by atoms with Crippen LogP contribution in [0.5, 0.6) is 0 Å². The molecule has 0 amide bonds. The second-order valence-corrected chi connectivity index (χ2v) is 8.03. The molecule has 0 fully saturated rings. The van der Waals surface area contributed by atoms with Gasteiger partial charge in [0.2, 0.25) is 0 Å². The Kier molecular flexibility index (Phi) is 7.08. The van der Waals surface area contributed by atoms with Crippen molar-refractivity contribution in [2.75, 3.05) is 0 Å². The van der Waals surface area contributed by atoms with Gasteiger partial charge in [0.1, 0.15) is 0 Å². The van der Waals surface area contributed by atoms with E-state index < -0.39 is 20.8 Å². The molecule has 0 aromatic heterocycles. The Labute approximate surface area is 123 Å². The molecule has 2 rings (SSSR count). The fourth-order valence-corrected chi connectivity index (χ4v) is 2.03. The molecule has 0 N–H and O–H groups in total. The normalized spacial score (nSPS) is 12.7. The van der Waals surface area contributed by atoms with Gasteiger partial charge in [-0.1, -0.05) is 50.6 Å². The molecule has 0 saturated heterocycles. The zero-order valence-electron chi connectivity index (χ0n) is 10.4. The van der Waals surface area contributed by atoms with E-state index in [1.54, 1.807) is 0 Å². The van der Waals surface area contributed by atoms with E-state index in [0.717, 1.165) is 6.42 Å². The summed E-state index contributed by atoms with van der Waals surface area (Å²) in [6.07, 6.45) is 5.78. The van der Waals surface area contributed by atoms with Crippen LogP contribution in [0.4, 0.5) is 0 Å². The Morgan fingerprint density at radius 3 is 2.41 bits per heavy atom. The number of hydrogen-bond acceptors (Lipinski definition) is 0. The fourth-order valence-electron chi connectivity index (χ4n) is 2.03. The zero-order chi connectivity index (χ0) is 12.8. The number of hydrogen-bond donors (Lipinski definition) is 0. The van der Waals surface area contributed by atoms with Crippen molar-refractivity contribution in [3.8, 4) is 0 Å². The SMILES string of the molecule is CCC1=Cc2c(cccc2C(C)C)[CH]1.[Cl][Zr][Cl]. The first kappa shape index (κ1) is 15.5. The van der Waals surface area contributed by atoms with Crippen molar-refractivity contribution >= 4 is 23.1 Å². The number of rotatable bonds is 2. The van der Waals surface area contributed by atoms with Crippen LogP contribution in [0, 0.1) is 6.42 Å². The standard InChI is InChI=1S/C14H17.2ClH.Zr/c1-4-11-8-12-6-5-7-13(10(2)3)14(12)9-11;;;/h5-10H,4H2,1-3H3;2*1H;/q;;;+2/p-2. The first-order valence-electron chi connectivity index (χ1n) is 5.78. The van der Waals surface area contributed by atoms with Crippen LogP contribution in [0.15, 0.2) is 23.8 Å². The summed E-state index contributed by atoms with van der Waals surface area (Å²) in [6.45, 7) is 6.73. The number of halogens is 2. The summed E-state index contributed by atoms with van der Waals surface area (Å²) in [6, 6.07) is 6.62. The Balaban J connectivity index is 0.000000437. The minimum absolute atomic E-state index is 0.616. The number of benzene rings is 1. The van der Waals surface area contributed by atoms with Crippen LogP contribution in [-0.2, 0) is 20.8 Å². The molecule has 1 radical (unpaired) electrons. The minimum atomic E-state index is -0.826. The van der Waals surface area contributed by atoms with E-state index in [-0.39, 0.29) is 0 Å². The Bertz CT molecular complexity index is 397. The van der Waals surface area contributed by atoms with Crippen molar-refractivity contribution in [3.05, 3.63) is 46.9 Å². The van der Waals surface area contributed by atoms with Crippen LogP contribution >= 0.6 is 17.0 Å². The quantitative estimate of drug-likeness (QED) is 0.658. The maximum absolute atomic E-state index is 4.93. The Morgan fingerprint density at radius 2 is 1.88 bits per heavy atom. The van der Waals surface area contributed by atoms with Gasteiger partial charge in [-0.05, 0) is 29.0 Å². The first-order chi connectivity index (χ1) is 8.13. The topological polar surface area (TPSA) is 0 Å². The first-order valence-corrected chi connectivity index (χ1v) is 12.1. The van der Waals surface area contributed by atoms with E-state index in [1.165, 1.54) is 22.3 Å². The Morgan fingerprint density at radius 1 is 1.24 bits per heavy atom. The second-order valence-electron chi connectivity index (χ2n) is 4.29. The van der Waals surface area contributed by atoms with Gasteiger partial charge in [-0.15, -0.1) is 0 Å². The molecule has 1 aliphatic carbocycles. The maximum atomic E-state index is 4.93. The average Bonchev–Trinajstić information content (AvgIpc) is 2.72. The summed E-state index contributed by atoms with van der Waals surface area (Å²) < 4.78 is 0. The van der Waals surface area contributed by atoms with E-state index in [0.29, 0.717) is 5.92 Å². The van der Waals surface area contributed by atoms with Crippen LogP contribution in [-0.4, -0.2) is 0 Å². The zero-order valence-corrected chi connectivity index (χ0v) is 14.4. The van der Waals surface area contributed by atoms with Crippen LogP contribution in [0.1, 0.15) is 49.8 Å². The molecule has 1 aromatic carbocycles. The van der Waals surface area contributed by atoms with Gasteiger partial charge in [-0.3, -0.25) is 0 Å². The monoisotopic (exact) mass is 345 g/mol. The molecule has 0 heterocycles.